The smallest absolute Gasteiger partial charge is 0.258 e. The molecule has 3 N–H and O–H groups in total. The Hall–Kier alpha value is -3.19. The summed E-state index contributed by atoms with van der Waals surface area (Å²) in [5.41, 5.74) is 6.72. The van der Waals surface area contributed by atoms with E-state index in [9.17, 15) is 14.0 Å². The van der Waals surface area contributed by atoms with E-state index in [1.165, 1.54) is 23.5 Å². The lowest BCUT2D eigenvalue weighted by Crippen LogP contribution is -2.32. The number of hydrogen-bond acceptors (Lipinski definition) is 4. The number of ether oxygens (including phenoxy) is 1. The van der Waals surface area contributed by atoms with Crippen molar-refractivity contribution in [2.45, 2.75) is 12.5 Å². The molecule has 1 atom stereocenters. The minimum Gasteiger partial charge on any atom is -0.484 e. The number of halogens is 1. The van der Waals surface area contributed by atoms with Crippen molar-refractivity contribution in [1.82, 2.24) is 5.32 Å². The van der Waals surface area contributed by atoms with Crippen molar-refractivity contribution < 1.29 is 18.7 Å². The summed E-state index contributed by atoms with van der Waals surface area (Å²) in [6, 6.07) is 16.3. The van der Waals surface area contributed by atoms with E-state index in [4.69, 9.17) is 10.5 Å². The fraction of sp³-hybridized carbons (Fsp3) is 0.143. The van der Waals surface area contributed by atoms with Gasteiger partial charge < -0.3 is 15.8 Å². The zero-order chi connectivity index (χ0) is 19.9. The lowest BCUT2D eigenvalue weighted by atomic mass is 10.1. The van der Waals surface area contributed by atoms with Crippen LogP contribution in [0.5, 0.6) is 5.75 Å². The topological polar surface area (TPSA) is 81.4 Å². The lowest BCUT2D eigenvalue weighted by Gasteiger charge is -2.18. The zero-order valence-corrected chi connectivity index (χ0v) is 15.7. The molecule has 0 aliphatic carbocycles. The van der Waals surface area contributed by atoms with E-state index >= 15 is 0 Å². The average molecular weight is 398 g/mol. The third-order valence-electron chi connectivity index (χ3n) is 4.01. The summed E-state index contributed by atoms with van der Waals surface area (Å²) in [4.78, 5) is 24.3. The number of primary amides is 1. The van der Waals surface area contributed by atoms with Crippen LogP contribution in [0.3, 0.4) is 0 Å². The summed E-state index contributed by atoms with van der Waals surface area (Å²) in [6.07, 6.45) is 0.154. The van der Waals surface area contributed by atoms with Gasteiger partial charge in [0.05, 0.1) is 12.5 Å². The third kappa shape index (κ3) is 5.40. The van der Waals surface area contributed by atoms with Gasteiger partial charge >= 0.3 is 0 Å². The molecule has 3 rings (SSSR count). The van der Waals surface area contributed by atoms with Gasteiger partial charge in [0, 0.05) is 4.88 Å². The van der Waals surface area contributed by atoms with Crippen LogP contribution in [0, 0.1) is 5.82 Å². The number of rotatable bonds is 8. The van der Waals surface area contributed by atoms with Gasteiger partial charge in [0.1, 0.15) is 11.6 Å². The van der Waals surface area contributed by atoms with E-state index in [1.54, 1.807) is 36.4 Å². The van der Waals surface area contributed by atoms with Gasteiger partial charge in [-0.15, -0.1) is 11.3 Å². The Morgan fingerprint density at radius 2 is 1.79 bits per heavy atom. The molecule has 0 spiro atoms. The first-order chi connectivity index (χ1) is 13.5. The van der Waals surface area contributed by atoms with Gasteiger partial charge in [-0.05, 0) is 46.8 Å². The van der Waals surface area contributed by atoms with Gasteiger partial charge in [0.15, 0.2) is 6.61 Å². The van der Waals surface area contributed by atoms with Crippen molar-refractivity contribution in [3.63, 3.8) is 0 Å². The van der Waals surface area contributed by atoms with Gasteiger partial charge in [0.25, 0.3) is 5.91 Å². The maximum absolute atomic E-state index is 13.2. The number of nitrogens with one attached hydrogen (secondary N) is 1. The summed E-state index contributed by atoms with van der Waals surface area (Å²) < 4.78 is 18.7. The highest BCUT2D eigenvalue weighted by atomic mass is 32.1. The first kappa shape index (κ1) is 19.6. The number of carbonyl (C=O) groups excluding carboxylic acids is 2. The maximum atomic E-state index is 13.2. The number of carbonyl (C=O) groups is 2. The van der Waals surface area contributed by atoms with Gasteiger partial charge in [0.2, 0.25) is 5.91 Å². The Bertz CT molecular complexity index is 925. The molecule has 2 amide bonds. The molecule has 0 aliphatic heterocycles. The van der Waals surface area contributed by atoms with Gasteiger partial charge in [-0.2, -0.15) is 0 Å². The molecule has 0 saturated carbocycles. The van der Waals surface area contributed by atoms with E-state index in [2.05, 4.69) is 5.32 Å². The van der Waals surface area contributed by atoms with Gasteiger partial charge in [-0.25, -0.2) is 4.39 Å². The number of hydrogen-bond donors (Lipinski definition) is 2. The van der Waals surface area contributed by atoms with Crippen molar-refractivity contribution in [1.29, 1.82) is 0 Å². The molecule has 1 heterocycles. The Labute approximate surface area is 166 Å². The van der Waals surface area contributed by atoms with E-state index in [-0.39, 0.29) is 30.8 Å². The highest BCUT2D eigenvalue weighted by Gasteiger charge is 2.18. The van der Waals surface area contributed by atoms with E-state index < -0.39 is 5.91 Å². The molecule has 0 saturated heterocycles. The normalized spacial score (nSPS) is 11.6. The molecule has 144 valence electrons. The third-order valence-corrected chi connectivity index (χ3v) is 4.95. The first-order valence-electron chi connectivity index (χ1n) is 8.59. The summed E-state index contributed by atoms with van der Waals surface area (Å²) >= 11 is 1.51. The largest absolute Gasteiger partial charge is 0.484 e. The maximum Gasteiger partial charge on any atom is 0.258 e. The van der Waals surface area contributed by atoms with E-state index in [0.29, 0.717) is 5.75 Å². The average Bonchev–Trinajstić information content (AvgIpc) is 3.20. The summed E-state index contributed by atoms with van der Waals surface area (Å²) in [5.74, 6) is -0.529. The Morgan fingerprint density at radius 1 is 1.07 bits per heavy atom. The van der Waals surface area contributed by atoms with Crippen molar-refractivity contribution in [3.05, 3.63) is 87.9 Å². The van der Waals surface area contributed by atoms with Crippen molar-refractivity contribution >= 4 is 23.2 Å². The molecule has 7 heteroatoms. The van der Waals surface area contributed by atoms with Crippen LogP contribution in [-0.4, -0.2) is 18.4 Å². The van der Waals surface area contributed by atoms with Crippen molar-refractivity contribution in [2.24, 2.45) is 5.73 Å². The van der Waals surface area contributed by atoms with Crippen LogP contribution in [0.25, 0.3) is 0 Å². The second-order valence-electron chi connectivity index (χ2n) is 6.14. The minimum atomic E-state index is -0.409. The number of amides is 2. The summed E-state index contributed by atoms with van der Waals surface area (Å²) in [5, 5.41) is 4.84. The standard InChI is InChI=1S/C21H19FN2O3S/c22-16-7-5-15(6-8-16)21(18-2-1-11-28-18)24-20(26)13-27-17-9-3-14(4-10-17)12-19(23)25/h1-11,21H,12-13H2,(H2,23,25)(H,24,26). The van der Waals surface area contributed by atoms with Crippen LogP contribution in [0.15, 0.2) is 66.0 Å². The molecule has 0 fully saturated rings. The highest BCUT2D eigenvalue weighted by molar-refractivity contribution is 7.10. The van der Waals surface area contributed by atoms with Crippen molar-refractivity contribution in [3.8, 4) is 5.75 Å². The van der Waals surface area contributed by atoms with Gasteiger partial charge in [-0.3, -0.25) is 9.59 Å². The minimum absolute atomic E-state index is 0.154. The fourth-order valence-electron chi connectivity index (χ4n) is 2.69. The molecule has 5 nitrogen and oxygen atoms in total. The molecule has 0 radical (unpaired) electrons. The van der Waals surface area contributed by atoms with Crippen LogP contribution >= 0.6 is 11.3 Å². The summed E-state index contributed by atoms with van der Waals surface area (Å²) in [6.45, 7) is -0.168. The number of thiophene rings is 1. The predicted molar refractivity (Wildman–Crippen MR) is 106 cm³/mol. The monoisotopic (exact) mass is 398 g/mol. The quantitative estimate of drug-likeness (QED) is 0.611. The molecular weight excluding hydrogens is 379 g/mol. The number of nitrogens with two attached hydrogens (primary N) is 1. The fourth-order valence-corrected chi connectivity index (χ4v) is 3.49. The Balaban J connectivity index is 1.62. The van der Waals surface area contributed by atoms with Crippen LogP contribution in [-0.2, 0) is 16.0 Å². The molecule has 1 aromatic heterocycles. The molecule has 28 heavy (non-hydrogen) atoms. The van der Waals surface area contributed by atoms with E-state index in [0.717, 1.165) is 16.0 Å². The highest BCUT2D eigenvalue weighted by Crippen LogP contribution is 2.26. The second kappa shape index (κ2) is 9.14. The SMILES string of the molecule is NC(=O)Cc1ccc(OCC(=O)NC(c2ccc(F)cc2)c2cccs2)cc1. The van der Waals surface area contributed by atoms with Gasteiger partial charge in [-0.1, -0.05) is 30.3 Å². The zero-order valence-electron chi connectivity index (χ0n) is 14.9. The molecule has 1 unspecified atom stereocenters. The molecule has 0 aliphatic rings. The molecule has 2 aromatic carbocycles. The van der Waals surface area contributed by atoms with Crippen LogP contribution < -0.4 is 15.8 Å². The Morgan fingerprint density at radius 3 is 2.39 bits per heavy atom. The van der Waals surface area contributed by atoms with Crippen molar-refractivity contribution in [2.75, 3.05) is 6.61 Å². The first-order valence-corrected chi connectivity index (χ1v) is 9.47. The second-order valence-corrected chi connectivity index (χ2v) is 7.12. The Kier molecular flexibility index (Phi) is 6.39. The molecule has 0 bridgehead atoms. The van der Waals surface area contributed by atoms with E-state index in [1.807, 2.05) is 17.5 Å². The predicted octanol–water partition coefficient (Wildman–Crippen LogP) is 3.20. The molecular formula is C21H19FN2O3S. The molecule has 3 aromatic rings. The van der Waals surface area contributed by atoms with Crippen LogP contribution in [0.2, 0.25) is 0 Å². The van der Waals surface area contributed by atoms with Crippen LogP contribution in [0.4, 0.5) is 4.39 Å². The van der Waals surface area contributed by atoms with Crippen LogP contribution in [0.1, 0.15) is 22.0 Å². The summed E-state index contributed by atoms with van der Waals surface area (Å²) in [7, 11) is 0. The lowest BCUT2D eigenvalue weighted by molar-refractivity contribution is -0.123. The number of benzene rings is 2.